The second-order valence-corrected chi connectivity index (χ2v) is 6.93. The summed E-state index contributed by atoms with van der Waals surface area (Å²) in [6.07, 6.45) is 6.57. The van der Waals surface area contributed by atoms with Gasteiger partial charge in [-0.3, -0.25) is 14.8 Å². The van der Waals surface area contributed by atoms with Crippen LogP contribution >= 0.6 is 0 Å². The van der Waals surface area contributed by atoms with E-state index in [9.17, 15) is 4.79 Å². The van der Waals surface area contributed by atoms with E-state index < -0.39 is 0 Å². The summed E-state index contributed by atoms with van der Waals surface area (Å²) in [5, 5.41) is 10.5. The van der Waals surface area contributed by atoms with Gasteiger partial charge >= 0.3 is 0 Å². The standard InChI is InChI=1S/C19H24N4O2/c1-25-15-8-6-13(7-9-15)19-14(10-20-22-19)11-23-12-18(24)21-16-4-2-3-5-17(16)23/h6-10,16-17H,2-5,11-12H2,1H3,(H,20,22)(H,21,24). The fraction of sp³-hybridized carbons (Fsp3) is 0.474. The molecule has 1 saturated heterocycles. The summed E-state index contributed by atoms with van der Waals surface area (Å²) in [6.45, 7) is 1.21. The van der Waals surface area contributed by atoms with Crippen LogP contribution < -0.4 is 10.1 Å². The minimum atomic E-state index is 0.137. The van der Waals surface area contributed by atoms with Gasteiger partial charge in [0.25, 0.3) is 0 Å². The fourth-order valence-corrected chi connectivity index (χ4v) is 4.10. The number of rotatable bonds is 4. The van der Waals surface area contributed by atoms with Gasteiger partial charge in [-0.25, -0.2) is 0 Å². The molecule has 1 aromatic heterocycles. The number of benzene rings is 1. The molecule has 25 heavy (non-hydrogen) atoms. The second kappa shape index (κ2) is 6.88. The van der Waals surface area contributed by atoms with Gasteiger partial charge in [-0.1, -0.05) is 12.8 Å². The van der Waals surface area contributed by atoms with Gasteiger partial charge in [0.2, 0.25) is 5.91 Å². The Morgan fingerprint density at radius 1 is 1.24 bits per heavy atom. The van der Waals surface area contributed by atoms with Crippen LogP contribution in [0.5, 0.6) is 5.75 Å². The van der Waals surface area contributed by atoms with E-state index in [0.717, 1.165) is 42.0 Å². The van der Waals surface area contributed by atoms with Crippen molar-refractivity contribution in [3.8, 4) is 17.0 Å². The summed E-state index contributed by atoms with van der Waals surface area (Å²) >= 11 is 0. The van der Waals surface area contributed by atoms with Gasteiger partial charge in [-0.15, -0.1) is 0 Å². The SMILES string of the molecule is COc1ccc(-c2[nH]ncc2CN2CC(=O)NC3CCCCC32)cc1. The van der Waals surface area contributed by atoms with Gasteiger partial charge in [-0.05, 0) is 37.1 Å². The molecule has 2 unspecified atom stereocenters. The molecule has 1 amide bonds. The van der Waals surface area contributed by atoms with E-state index in [2.05, 4.69) is 20.4 Å². The molecule has 2 heterocycles. The number of methoxy groups -OCH3 is 1. The summed E-state index contributed by atoms with van der Waals surface area (Å²) in [4.78, 5) is 14.4. The number of hydrogen-bond donors (Lipinski definition) is 2. The predicted molar refractivity (Wildman–Crippen MR) is 95.2 cm³/mol. The van der Waals surface area contributed by atoms with Crippen LogP contribution in [0.25, 0.3) is 11.3 Å². The Hall–Kier alpha value is -2.34. The largest absolute Gasteiger partial charge is 0.497 e. The number of H-pyrrole nitrogens is 1. The Bertz CT molecular complexity index is 740. The molecule has 1 aromatic carbocycles. The third-order valence-electron chi connectivity index (χ3n) is 5.36. The molecule has 0 spiro atoms. The number of hydrogen-bond acceptors (Lipinski definition) is 4. The van der Waals surface area contributed by atoms with E-state index in [1.165, 1.54) is 12.8 Å². The third kappa shape index (κ3) is 3.26. The van der Waals surface area contributed by atoms with Gasteiger partial charge in [0.1, 0.15) is 5.75 Å². The quantitative estimate of drug-likeness (QED) is 0.896. The summed E-state index contributed by atoms with van der Waals surface area (Å²) in [5.74, 6) is 0.972. The molecule has 1 aliphatic heterocycles. The maximum absolute atomic E-state index is 12.1. The molecule has 4 rings (SSSR count). The number of fused-ring (bicyclic) bond motifs is 1. The van der Waals surface area contributed by atoms with Crippen molar-refractivity contribution in [2.45, 2.75) is 44.3 Å². The lowest BCUT2D eigenvalue weighted by atomic mass is 9.87. The molecular formula is C19H24N4O2. The molecule has 6 heteroatoms. The molecule has 1 aliphatic carbocycles. The monoisotopic (exact) mass is 340 g/mol. The van der Waals surface area contributed by atoms with E-state index in [0.29, 0.717) is 18.6 Å². The first kappa shape index (κ1) is 16.1. The highest BCUT2D eigenvalue weighted by atomic mass is 16.5. The van der Waals surface area contributed by atoms with Crippen LogP contribution in [0.2, 0.25) is 0 Å². The Kier molecular flexibility index (Phi) is 4.44. The maximum Gasteiger partial charge on any atom is 0.234 e. The van der Waals surface area contributed by atoms with Crippen molar-refractivity contribution in [2.24, 2.45) is 0 Å². The van der Waals surface area contributed by atoms with Gasteiger partial charge in [0, 0.05) is 29.8 Å². The Balaban J connectivity index is 1.56. The Labute approximate surface area is 147 Å². The lowest BCUT2D eigenvalue weighted by molar-refractivity contribution is -0.128. The van der Waals surface area contributed by atoms with Gasteiger partial charge < -0.3 is 10.1 Å². The molecule has 0 radical (unpaired) electrons. The van der Waals surface area contributed by atoms with Crippen molar-refractivity contribution in [3.05, 3.63) is 36.0 Å². The van der Waals surface area contributed by atoms with Crippen LogP contribution in [-0.2, 0) is 11.3 Å². The molecule has 0 bridgehead atoms. The van der Waals surface area contributed by atoms with Crippen LogP contribution in [0.3, 0.4) is 0 Å². The van der Waals surface area contributed by atoms with Crippen LogP contribution in [0, 0.1) is 0 Å². The first-order valence-electron chi connectivity index (χ1n) is 8.94. The summed E-state index contributed by atoms with van der Waals surface area (Å²) in [5.41, 5.74) is 3.22. The molecule has 6 nitrogen and oxygen atoms in total. The normalized spacial score (nSPS) is 23.8. The summed E-state index contributed by atoms with van der Waals surface area (Å²) < 4.78 is 5.23. The minimum absolute atomic E-state index is 0.137. The zero-order chi connectivity index (χ0) is 17.2. The Morgan fingerprint density at radius 3 is 2.84 bits per heavy atom. The highest BCUT2D eigenvalue weighted by molar-refractivity contribution is 5.79. The van der Waals surface area contributed by atoms with Crippen molar-refractivity contribution in [1.82, 2.24) is 20.4 Å². The topological polar surface area (TPSA) is 70.2 Å². The fourth-order valence-electron chi connectivity index (χ4n) is 4.10. The van der Waals surface area contributed by atoms with E-state index in [-0.39, 0.29) is 5.91 Å². The second-order valence-electron chi connectivity index (χ2n) is 6.93. The van der Waals surface area contributed by atoms with Crippen molar-refractivity contribution < 1.29 is 9.53 Å². The number of aromatic amines is 1. The maximum atomic E-state index is 12.1. The number of amides is 1. The molecular weight excluding hydrogens is 316 g/mol. The first-order chi connectivity index (χ1) is 12.2. The Morgan fingerprint density at radius 2 is 2.04 bits per heavy atom. The van der Waals surface area contributed by atoms with Crippen LogP contribution in [0.4, 0.5) is 0 Å². The minimum Gasteiger partial charge on any atom is -0.497 e. The highest BCUT2D eigenvalue weighted by Crippen LogP contribution is 2.29. The van der Waals surface area contributed by atoms with E-state index in [4.69, 9.17) is 4.74 Å². The van der Waals surface area contributed by atoms with Gasteiger partial charge in [0.15, 0.2) is 0 Å². The van der Waals surface area contributed by atoms with E-state index >= 15 is 0 Å². The molecule has 2 fully saturated rings. The lowest BCUT2D eigenvalue weighted by Crippen LogP contribution is -2.61. The molecule has 2 atom stereocenters. The highest BCUT2D eigenvalue weighted by Gasteiger charge is 2.36. The van der Waals surface area contributed by atoms with Gasteiger partial charge in [-0.2, -0.15) is 5.10 Å². The zero-order valence-corrected chi connectivity index (χ0v) is 14.5. The number of nitrogens with zero attached hydrogens (tertiary/aromatic N) is 2. The average molecular weight is 340 g/mol. The van der Waals surface area contributed by atoms with E-state index in [1.807, 2.05) is 30.5 Å². The van der Waals surface area contributed by atoms with Crippen LogP contribution in [-0.4, -0.2) is 46.7 Å². The van der Waals surface area contributed by atoms with Crippen LogP contribution in [0.15, 0.2) is 30.5 Å². The van der Waals surface area contributed by atoms with Crippen molar-refractivity contribution in [2.75, 3.05) is 13.7 Å². The van der Waals surface area contributed by atoms with Crippen LogP contribution in [0.1, 0.15) is 31.2 Å². The number of carbonyl (C=O) groups is 1. The molecule has 132 valence electrons. The van der Waals surface area contributed by atoms with Crippen molar-refractivity contribution in [1.29, 1.82) is 0 Å². The zero-order valence-electron chi connectivity index (χ0n) is 14.5. The first-order valence-corrected chi connectivity index (χ1v) is 8.94. The van der Waals surface area contributed by atoms with E-state index in [1.54, 1.807) is 7.11 Å². The molecule has 2 aliphatic rings. The van der Waals surface area contributed by atoms with Gasteiger partial charge in [0.05, 0.1) is 25.5 Å². The number of carbonyl (C=O) groups excluding carboxylic acids is 1. The number of ether oxygens (including phenoxy) is 1. The molecule has 2 aromatic rings. The smallest absolute Gasteiger partial charge is 0.234 e. The average Bonchev–Trinajstić information content (AvgIpc) is 3.10. The summed E-state index contributed by atoms with van der Waals surface area (Å²) in [7, 11) is 1.67. The summed E-state index contributed by atoms with van der Waals surface area (Å²) in [6, 6.07) is 8.69. The number of aromatic nitrogens is 2. The number of piperazine rings is 1. The van der Waals surface area contributed by atoms with Crippen molar-refractivity contribution in [3.63, 3.8) is 0 Å². The molecule has 1 saturated carbocycles. The number of nitrogens with one attached hydrogen (secondary N) is 2. The lowest BCUT2D eigenvalue weighted by Gasteiger charge is -2.44. The van der Waals surface area contributed by atoms with Crippen molar-refractivity contribution >= 4 is 5.91 Å². The molecule has 2 N–H and O–H groups in total. The third-order valence-corrected chi connectivity index (χ3v) is 5.36. The predicted octanol–water partition coefficient (Wildman–Crippen LogP) is 2.33.